The van der Waals surface area contributed by atoms with Gasteiger partial charge in [-0.1, -0.05) is 13.8 Å². The van der Waals surface area contributed by atoms with Gasteiger partial charge in [-0.2, -0.15) is 5.10 Å². The molecule has 0 aliphatic heterocycles. The number of hydrogen-bond donors (Lipinski definition) is 0. The van der Waals surface area contributed by atoms with Crippen molar-refractivity contribution in [3.05, 3.63) is 53.9 Å². The minimum absolute atomic E-state index is 0.0989. The van der Waals surface area contributed by atoms with E-state index >= 15 is 0 Å². The van der Waals surface area contributed by atoms with Gasteiger partial charge >= 0.3 is 5.97 Å². The number of carbonyl (C=O) groups is 1. The van der Waals surface area contributed by atoms with Gasteiger partial charge in [-0.05, 0) is 37.1 Å². The second-order valence-electron chi connectivity index (χ2n) is 6.03. The van der Waals surface area contributed by atoms with E-state index < -0.39 is 5.97 Å². The summed E-state index contributed by atoms with van der Waals surface area (Å²) in [4.78, 5) is 25.1. The van der Waals surface area contributed by atoms with Crippen LogP contribution in [0.1, 0.15) is 41.6 Å². The number of carbonyl (C=O) groups excluding carboxylic acids is 1. The molecule has 0 radical (unpaired) electrons. The smallest absolute Gasteiger partial charge is 0.346 e. The second-order valence-corrected chi connectivity index (χ2v) is 6.03. The first-order chi connectivity index (χ1) is 11.9. The average molecular weight is 337 g/mol. The highest BCUT2D eigenvalue weighted by molar-refractivity contribution is 5.92. The third-order valence-electron chi connectivity index (χ3n) is 3.63. The van der Waals surface area contributed by atoms with Gasteiger partial charge in [0.15, 0.2) is 5.82 Å². The topological polar surface area (TPSA) is 82.8 Å². The van der Waals surface area contributed by atoms with Gasteiger partial charge < -0.3 is 4.74 Å². The summed E-state index contributed by atoms with van der Waals surface area (Å²) < 4.78 is 7.10. The lowest BCUT2D eigenvalue weighted by atomic mass is 10.1. The van der Waals surface area contributed by atoms with Crippen molar-refractivity contribution in [1.29, 1.82) is 0 Å². The SMILES string of the molecule is Cc1ncc(C(=O)Oc2ccc(-c3ncn(C)n3)cc2)c(C(C)C)n1. The van der Waals surface area contributed by atoms with E-state index in [2.05, 4.69) is 20.1 Å². The average Bonchev–Trinajstić information content (AvgIpc) is 3.01. The van der Waals surface area contributed by atoms with E-state index in [-0.39, 0.29) is 5.92 Å². The number of nitrogens with zero attached hydrogens (tertiary/aromatic N) is 5. The zero-order chi connectivity index (χ0) is 18.0. The number of aromatic nitrogens is 5. The first-order valence-electron chi connectivity index (χ1n) is 7.96. The predicted molar refractivity (Wildman–Crippen MR) is 92.3 cm³/mol. The molecule has 0 bridgehead atoms. The zero-order valence-electron chi connectivity index (χ0n) is 14.6. The van der Waals surface area contributed by atoms with Crippen LogP contribution >= 0.6 is 0 Å². The predicted octanol–water partition coefficient (Wildman–Crippen LogP) is 2.92. The van der Waals surface area contributed by atoms with Gasteiger partial charge in [0.25, 0.3) is 0 Å². The molecule has 2 heterocycles. The molecule has 0 amide bonds. The Morgan fingerprint density at radius 1 is 1.16 bits per heavy atom. The van der Waals surface area contributed by atoms with Crippen molar-refractivity contribution in [2.45, 2.75) is 26.7 Å². The lowest BCUT2D eigenvalue weighted by Crippen LogP contribution is -2.15. The summed E-state index contributed by atoms with van der Waals surface area (Å²) >= 11 is 0. The molecule has 25 heavy (non-hydrogen) atoms. The summed E-state index contributed by atoms with van der Waals surface area (Å²) in [6.07, 6.45) is 3.15. The van der Waals surface area contributed by atoms with Gasteiger partial charge in [0.2, 0.25) is 0 Å². The maximum atomic E-state index is 12.5. The van der Waals surface area contributed by atoms with Crippen LogP contribution in [-0.4, -0.2) is 30.7 Å². The van der Waals surface area contributed by atoms with Crippen LogP contribution in [0.3, 0.4) is 0 Å². The molecule has 0 N–H and O–H groups in total. The Morgan fingerprint density at radius 2 is 1.88 bits per heavy atom. The number of aryl methyl sites for hydroxylation is 2. The molecule has 3 aromatic rings. The van der Waals surface area contributed by atoms with Crippen LogP contribution in [0, 0.1) is 6.92 Å². The van der Waals surface area contributed by atoms with E-state index in [1.165, 1.54) is 6.20 Å². The molecule has 3 rings (SSSR count). The van der Waals surface area contributed by atoms with Crippen molar-refractivity contribution in [3.63, 3.8) is 0 Å². The Balaban J connectivity index is 1.80. The second kappa shape index (κ2) is 6.80. The van der Waals surface area contributed by atoms with E-state index in [4.69, 9.17) is 4.74 Å². The molecular weight excluding hydrogens is 318 g/mol. The fraction of sp³-hybridized carbons (Fsp3) is 0.278. The standard InChI is InChI=1S/C18H19N5O2/c1-11(2)16-15(9-19-12(3)21-16)18(24)25-14-7-5-13(6-8-14)17-20-10-23(4)22-17/h5-11H,1-4H3. The highest BCUT2D eigenvalue weighted by atomic mass is 16.5. The van der Waals surface area contributed by atoms with E-state index in [9.17, 15) is 4.79 Å². The molecule has 0 atom stereocenters. The van der Waals surface area contributed by atoms with Crippen LogP contribution in [0.15, 0.2) is 36.8 Å². The maximum absolute atomic E-state index is 12.5. The first kappa shape index (κ1) is 16.8. The fourth-order valence-electron chi connectivity index (χ4n) is 2.39. The summed E-state index contributed by atoms with van der Waals surface area (Å²) in [6, 6.07) is 7.06. The maximum Gasteiger partial charge on any atom is 0.346 e. The molecule has 0 unspecified atom stereocenters. The highest BCUT2D eigenvalue weighted by Gasteiger charge is 2.18. The lowest BCUT2D eigenvalue weighted by molar-refractivity contribution is 0.0732. The Hall–Kier alpha value is -3.09. The molecule has 0 fully saturated rings. The molecule has 0 aliphatic carbocycles. The third kappa shape index (κ3) is 3.71. The van der Waals surface area contributed by atoms with Crippen LogP contribution in [-0.2, 0) is 7.05 Å². The van der Waals surface area contributed by atoms with E-state index in [0.29, 0.717) is 28.7 Å². The highest BCUT2D eigenvalue weighted by Crippen LogP contribution is 2.22. The van der Waals surface area contributed by atoms with Gasteiger partial charge in [-0.3, -0.25) is 4.68 Å². The third-order valence-corrected chi connectivity index (χ3v) is 3.63. The molecule has 0 saturated carbocycles. The number of rotatable bonds is 4. The van der Waals surface area contributed by atoms with Crippen molar-refractivity contribution >= 4 is 5.97 Å². The van der Waals surface area contributed by atoms with Crippen LogP contribution in [0.2, 0.25) is 0 Å². The molecule has 0 saturated heterocycles. The van der Waals surface area contributed by atoms with Crippen LogP contribution in [0.5, 0.6) is 5.75 Å². The Labute approximate surface area is 145 Å². The number of esters is 1. The quantitative estimate of drug-likeness (QED) is 0.538. The number of benzene rings is 1. The van der Waals surface area contributed by atoms with Crippen molar-refractivity contribution in [1.82, 2.24) is 24.7 Å². The molecule has 7 heteroatoms. The van der Waals surface area contributed by atoms with Gasteiger partial charge in [0.05, 0.1) is 5.69 Å². The zero-order valence-corrected chi connectivity index (χ0v) is 14.6. The molecule has 128 valence electrons. The van der Waals surface area contributed by atoms with Crippen molar-refractivity contribution < 1.29 is 9.53 Å². The molecule has 0 spiro atoms. The van der Waals surface area contributed by atoms with Crippen LogP contribution < -0.4 is 4.74 Å². The molecule has 0 aliphatic rings. The van der Waals surface area contributed by atoms with Crippen molar-refractivity contribution in [2.24, 2.45) is 7.05 Å². The summed E-state index contributed by atoms with van der Waals surface area (Å²) in [5.41, 5.74) is 1.92. The fourth-order valence-corrected chi connectivity index (χ4v) is 2.39. The molecular formula is C18H19N5O2. The van der Waals surface area contributed by atoms with Gasteiger partial charge in [0, 0.05) is 18.8 Å². The molecule has 7 nitrogen and oxygen atoms in total. The Kier molecular flexibility index (Phi) is 4.56. The first-order valence-corrected chi connectivity index (χ1v) is 7.96. The summed E-state index contributed by atoms with van der Waals surface area (Å²) in [5, 5.41) is 4.24. The summed E-state index contributed by atoms with van der Waals surface area (Å²) in [7, 11) is 1.81. The lowest BCUT2D eigenvalue weighted by Gasteiger charge is -2.11. The minimum Gasteiger partial charge on any atom is -0.423 e. The van der Waals surface area contributed by atoms with Crippen LogP contribution in [0.25, 0.3) is 11.4 Å². The number of hydrogen-bond acceptors (Lipinski definition) is 6. The van der Waals surface area contributed by atoms with Gasteiger partial charge in [-0.15, -0.1) is 0 Å². The van der Waals surface area contributed by atoms with Gasteiger partial charge in [-0.25, -0.2) is 19.7 Å². The van der Waals surface area contributed by atoms with Crippen LogP contribution in [0.4, 0.5) is 0 Å². The summed E-state index contributed by atoms with van der Waals surface area (Å²) in [5.74, 6) is 1.33. The van der Waals surface area contributed by atoms with E-state index in [1.807, 2.05) is 33.0 Å². The van der Waals surface area contributed by atoms with Crippen molar-refractivity contribution in [3.8, 4) is 17.1 Å². The molecule has 1 aromatic carbocycles. The number of ether oxygens (including phenoxy) is 1. The Bertz CT molecular complexity index is 900. The minimum atomic E-state index is -0.465. The van der Waals surface area contributed by atoms with Crippen molar-refractivity contribution in [2.75, 3.05) is 0 Å². The summed E-state index contributed by atoms with van der Waals surface area (Å²) in [6.45, 7) is 5.76. The van der Waals surface area contributed by atoms with E-state index in [1.54, 1.807) is 30.1 Å². The molecule has 2 aromatic heterocycles. The monoisotopic (exact) mass is 337 g/mol. The normalized spacial score (nSPS) is 10.9. The van der Waals surface area contributed by atoms with Gasteiger partial charge in [0.1, 0.15) is 23.5 Å². The van der Waals surface area contributed by atoms with E-state index in [0.717, 1.165) is 5.56 Å². The Morgan fingerprint density at radius 3 is 2.48 bits per heavy atom. The largest absolute Gasteiger partial charge is 0.423 e.